The van der Waals surface area contributed by atoms with Crippen molar-refractivity contribution in [1.82, 2.24) is 14.5 Å². The predicted octanol–water partition coefficient (Wildman–Crippen LogP) is 2.34. The normalized spacial score (nSPS) is 23.2. The molecule has 0 amide bonds. The first-order chi connectivity index (χ1) is 7.16. The highest BCUT2D eigenvalue weighted by molar-refractivity contribution is 7.71. The van der Waals surface area contributed by atoms with Gasteiger partial charge in [-0.15, -0.1) is 0 Å². The second-order valence-electron chi connectivity index (χ2n) is 4.52. The molecule has 3 nitrogen and oxygen atoms in total. The van der Waals surface area contributed by atoms with Crippen molar-refractivity contribution in [2.24, 2.45) is 0 Å². The zero-order chi connectivity index (χ0) is 10.8. The molecular formula is C11H19N3S. The van der Waals surface area contributed by atoms with Gasteiger partial charge in [0.25, 0.3) is 0 Å². The maximum Gasteiger partial charge on any atom is 0.177 e. The summed E-state index contributed by atoms with van der Waals surface area (Å²) in [5, 5.41) is 0. The van der Waals surface area contributed by atoms with Crippen LogP contribution in [0, 0.1) is 11.7 Å². The lowest BCUT2D eigenvalue weighted by Crippen LogP contribution is -2.39. The van der Waals surface area contributed by atoms with Crippen LogP contribution in [0.1, 0.15) is 25.0 Å². The van der Waals surface area contributed by atoms with Crippen molar-refractivity contribution >= 4 is 12.2 Å². The molecule has 0 spiro atoms. The van der Waals surface area contributed by atoms with Crippen molar-refractivity contribution in [3.8, 4) is 0 Å². The maximum absolute atomic E-state index is 5.27. The van der Waals surface area contributed by atoms with E-state index in [0.29, 0.717) is 6.04 Å². The van der Waals surface area contributed by atoms with Crippen LogP contribution >= 0.6 is 12.2 Å². The van der Waals surface area contributed by atoms with Crippen molar-refractivity contribution in [2.45, 2.75) is 38.8 Å². The zero-order valence-electron chi connectivity index (χ0n) is 9.49. The van der Waals surface area contributed by atoms with Gasteiger partial charge in [-0.25, -0.2) is 0 Å². The summed E-state index contributed by atoms with van der Waals surface area (Å²) in [6.45, 7) is 4.30. The minimum absolute atomic E-state index is 0.653. The molecule has 1 aliphatic rings. The summed E-state index contributed by atoms with van der Waals surface area (Å²) in [7, 11) is 2.22. The first-order valence-corrected chi connectivity index (χ1v) is 6.04. The molecule has 1 aromatic heterocycles. The monoisotopic (exact) mass is 225 g/mol. The van der Waals surface area contributed by atoms with Gasteiger partial charge in [0.05, 0.1) is 0 Å². The third kappa shape index (κ3) is 2.49. The number of likely N-dealkylation sites (N-methyl/N-ethyl adjacent to an activating group) is 1. The van der Waals surface area contributed by atoms with Crippen LogP contribution < -0.4 is 0 Å². The van der Waals surface area contributed by atoms with E-state index in [1.807, 2.05) is 0 Å². The van der Waals surface area contributed by atoms with E-state index in [4.69, 9.17) is 12.2 Å². The molecule has 84 valence electrons. The Balaban J connectivity index is 2.07. The van der Waals surface area contributed by atoms with Crippen LogP contribution in [-0.2, 0) is 6.54 Å². The second-order valence-corrected chi connectivity index (χ2v) is 4.91. The molecule has 1 unspecified atom stereocenters. The summed E-state index contributed by atoms with van der Waals surface area (Å²) in [6.07, 6.45) is 6.10. The summed E-state index contributed by atoms with van der Waals surface area (Å²) in [5.74, 6) is 0. The molecular weight excluding hydrogens is 206 g/mol. The Morgan fingerprint density at radius 2 is 2.33 bits per heavy atom. The standard InChI is InChI=1S/C11H19N3S/c1-9-7-14(11(15)12-9)8-10-5-3-4-6-13(10)2/h7,10H,3-6,8H2,1-2H3,(H,12,15). The number of H-pyrrole nitrogens is 1. The number of piperidine rings is 1. The lowest BCUT2D eigenvalue weighted by Gasteiger charge is -2.32. The lowest BCUT2D eigenvalue weighted by molar-refractivity contribution is 0.167. The molecule has 1 aliphatic heterocycles. The number of imidazole rings is 1. The summed E-state index contributed by atoms with van der Waals surface area (Å²) < 4.78 is 3.02. The average Bonchev–Trinajstić information content (AvgIpc) is 2.49. The molecule has 1 saturated heterocycles. The van der Waals surface area contributed by atoms with Crippen molar-refractivity contribution < 1.29 is 0 Å². The number of aryl methyl sites for hydroxylation is 1. The highest BCUT2D eigenvalue weighted by Gasteiger charge is 2.19. The van der Waals surface area contributed by atoms with Crippen molar-refractivity contribution in [2.75, 3.05) is 13.6 Å². The number of nitrogens with zero attached hydrogens (tertiary/aromatic N) is 2. The molecule has 0 aliphatic carbocycles. The van der Waals surface area contributed by atoms with E-state index in [1.54, 1.807) is 0 Å². The molecule has 0 bridgehead atoms. The fourth-order valence-electron chi connectivity index (χ4n) is 2.30. The molecule has 2 rings (SSSR count). The van der Waals surface area contributed by atoms with E-state index in [9.17, 15) is 0 Å². The minimum Gasteiger partial charge on any atom is -0.335 e. The molecule has 2 heterocycles. The number of rotatable bonds is 2. The Kier molecular flexibility index (Phi) is 3.26. The largest absolute Gasteiger partial charge is 0.335 e. The highest BCUT2D eigenvalue weighted by Crippen LogP contribution is 2.16. The fraction of sp³-hybridized carbons (Fsp3) is 0.727. The van der Waals surface area contributed by atoms with Crippen LogP contribution in [0.2, 0.25) is 0 Å². The van der Waals surface area contributed by atoms with Gasteiger partial charge in [-0.3, -0.25) is 0 Å². The second kappa shape index (κ2) is 4.49. The van der Waals surface area contributed by atoms with Gasteiger partial charge in [0.1, 0.15) is 0 Å². The zero-order valence-corrected chi connectivity index (χ0v) is 10.3. The van der Waals surface area contributed by atoms with Crippen molar-refractivity contribution in [3.05, 3.63) is 16.7 Å². The number of hydrogen-bond acceptors (Lipinski definition) is 2. The van der Waals surface area contributed by atoms with E-state index >= 15 is 0 Å². The summed E-state index contributed by atoms with van der Waals surface area (Å²) in [5.41, 5.74) is 1.15. The smallest absolute Gasteiger partial charge is 0.177 e. The molecule has 1 fully saturated rings. The molecule has 0 saturated carbocycles. The van der Waals surface area contributed by atoms with E-state index < -0.39 is 0 Å². The summed E-state index contributed by atoms with van der Waals surface area (Å²) in [4.78, 5) is 5.62. The van der Waals surface area contributed by atoms with E-state index in [-0.39, 0.29) is 0 Å². The lowest BCUT2D eigenvalue weighted by atomic mass is 10.0. The van der Waals surface area contributed by atoms with Crippen LogP contribution in [0.5, 0.6) is 0 Å². The van der Waals surface area contributed by atoms with Gasteiger partial charge in [0.2, 0.25) is 0 Å². The van der Waals surface area contributed by atoms with E-state index in [2.05, 4.69) is 34.6 Å². The van der Waals surface area contributed by atoms with Crippen LogP contribution in [-0.4, -0.2) is 34.1 Å². The molecule has 4 heteroatoms. The first-order valence-electron chi connectivity index (χ1n) is 5.63. The third-order valence-corrected chi connectivity index (χ3v) is 3.58. The number of likely N-dealkylation sites (tertiary alicyclic amines) is 1. The molecule has 0 aromatic carbocycles. The number of aromatic amines is 1. The van der Waals surface area contributed by atoms with Crippen molar-refractivity contribution in [3.63, 3.8) is 0 Å². The average molecular weight is 225 g/mol. The molecule has 1 N–H and O–H groups in total. The van der Waals surface area contributed by atoms with E-state index in [0.717, 1.165) is 17.0 Å². The Hall–Kier alpha value is -0.610. The van der Waals surface area contributed by atoms with Crippen LogP contribution in [0.3, 0.4) is 0 Å². The maximum atomic E-state index is 5.27. The first kappa shape index (κ1) is 10.9. The van der Waals surface area contributed by atoms with Gasteiger partial charge in [0, 0.05) is 24.5 Å². The van der Waals surface area contributed by atoms with Gasteiger partial charge < -0.3 is 14.5 Å². The Morgan fingerprint density at radius 3 is 2.93 bits per heavy atom. The van der Waals surface area contributed by atoms with Gasteiger partial charge in [-0.05, 0) is 45.6 Å². The third-order valence-electron chi connectivity index (χ3n) is 3.24. The van der Waals surface area contributed by atoms with Crippen LogP contribution in [0.15, 0.2) is 6.20 Å². The van der Waals surface area contributed by atoms with Gasteiger partial charge >= 0.3 is 0 Å². The molecule has 1 aromatic rings. The molecule has 15 heavy (non-hydrogen) atoms. The van der Waals surface area contributed by atoms with Gasteiger partial charge in [0.15, 0.2) is 4.77 Å². The summed E-state index contributed by atoms with van der Waals surface area (Å²) >= 11 is 5.27. The van der Waals surface area contributed by atoms with Crippen LogP contribution in [0.4, 0.5) is 0 Å². The minimum atomic E-state index is 0.653. The summed E-state index contributed by atoms with van der Waals surface area (Å²) in [6, 6.07) is 0.653. The Morgan fingerprint density at radius 1 is 1.53 bits per heavy atom. The number of hydrogen-bond donors (Lipinski definition) is 1. The molecule has 0 radical (unpaired) electrons. The van der Waals surface area contributed by atoms with Gasteiger partial charge in [-0.1, -0.05) is 6.42 Å². The SMILES string of the molecule is Cc1cn(CC2CCCCN2C)c(=S)[nH]1. The predicted molar refractivity (Wildman–Crippen MR) is 64.6 cm³/mol. The highest BCUT2D eigenvalue weighted by atomic mass is 32.1. The van der Waals surface area contributed by atoms with E-state index in [1.165, 1.54) is 25.8 Å². The number of aromatic nitrogens is 2. The Bertz CT molecular complexity index is 379. The van der Waals surface area contributed by atoms with Crippen molar-refractivity contribution in [1.29, 1.82) is 0 Å². The Labute approximate surface area is 96.1 Å². The molecule has 1 atom stereocenters. The quantitative estimate of drug-likeness (QED) is 0.781. The fourth-order valence-corrected chi connectivity index (χ4v) is 2.59. The van der Waals surface area contributed by atoms with Crippen LogP contribution in [0.25, 0.3) is 0 Å². The number of nitrogens with one attached hydrogen (secondary N) is 1. The van der Waals surface area contributed by atoms with Gasteiger partial charge in [-0.2, -0.15) is 0 Å². The topological polar surface area (TPSA) is 24.0 Å².